The van der Waals surface area contributed by atoms with Crippen molar-refractivity contribution in [1.29, 1.82) is 0 Å². The van der Waals surface area contributed by atoms with Gasteiger partial charge in [0.15, 0.2) is 0 Å². The summed E-state index contributed by atoms with van der Waals surface area (Å²) in [5, 5.41) is 23.9. The van der Waals surface area contributed by atoms with Crippen molar-refractivity contribution in [2.45, 2.75) is 6.42 Å². The minimum absolute atomic E-state index is 0. The quantitative estimate of drug-likeness (QED) is 0.238. The molecule has 0 spiro atoms. The Kier molecular flexibility index (Phi) is 11.3. The predicted molar refractivity (Wildman–Crippen MR) is 110 cm³/mol. The minimum atomic E-state index is -0.182. The Morgan fingerprint density at radius 2 is 1.23 bits per heavy atom. The molecule has 0 saturated heterocycles. The number of aliphatic imine (C=N–C) groups is 2. The topological polar surface area (TPSA) is 89.3 Å². The van der Waals surface area contributed by atoms with Crippen LogP contribution in [0.15, 0.2) is 46.4 Å². The predicted octanol–water partition coefficient (Wildman–Crippen LogP) is 1.78. The van der Waals surface area contributed by atoms with Gasteiger partial charge in [-0.3, -0.25) is 9.98 Å². The molecule has 6 nitrogen and oxygen atoms in total. The van der Waals surface area contributed by atoms with E-state index in [0.717, 1.165) is 0 Å². The summed E-state index contributed by atoms with van der Waals surface area (Å²) < 4.78 is 10.4. The number of hydrogen-bond donors (Lipinski definition) is 0. The van der Waals surface area contributed by atoms with Gasteiger partial charge in [0.1, 0.15) is 24.7 Å². The van der Waals surface area contributed by atoms with E-state index >= 15 is 0 Å². The van der Waals surface area contributed by atoms with E-state index in [2.05, 4.69) is 21.8 Å². The molecule has 0 aliphatic heterocycles. The van der Waals surface area contributed by atoms with Crippen molar-refractivity contribution < 1.29 is 36.8 Å². The van der Waals surface area contributed by atoms with Crippen molar-refractivity contribution in [3.05, 3.63) is 47.5 Å². The van der Waals surface area contributed by atoms with Crippen molar-refractivity contribution >= 4 is 12.4 Å². The monoisotopic (exact) mass is 451 g/mol. The maximum absolute atomic E-state index is 11.9. The Balaban J connectivity index is 0.00000450. The number of terminal acetylenes is 2. The maximum Gasteiger partial charge on any atom is 2.00 e. The molecule has 0 heterocycles. The van der Waals surface area contributed by atoms with Crippen molar-refractivity contribution in [2.24, 2.45) is 9.98 Å². The zero-order valence-electron chi connectivity index (χ0n) is 16.1. The van der Waals surface area contributed by atoms with Gasteiger partial charge in [0.25, 0.3) is 0 Å². The number of nitrogens with zero attached hydrogens (tertiary/aromatic N) is 2. The van der Waals surface area contributed by atoms with Gasteiger partial charge in [-0.15, -0.1) is 12.8 Å². The molecule has 2 aromatic rings. The van der Waals surface area contributed by atoms with Crippen LogP contribution >= 0.6 is 0 Å². The van der Waals surface area contributed by atoms with E-state index in [9.17, 15) is 10.2 Å². The van der Waals surface area contributed by atoms with Gasteiger partial charge in [0.2, 0.25) is 0 Å². The average Bonchev–Trinajstić information content (AvgIpc) is 2.72. The molecule has 0 aliphatic rings. The Hall–Kier alpha value is -3.38. The van der Waals surface area contributed by atoms with Crippen molar-refractivity contribution in [1.82, 2.24) is 0 Å². The third-order valence-electron chi connectivity index (χ3n) is 3.65. The van der Waals surface area contributed by atoms with Gasteiger partial charge in [0, 0.05) is 25.5 Å². The third-order valence-corrected chi connectivity index (χ3v) is 3.65. The summed E-state index contributed by atoms with van der Waals surface area (Å²) >= 11 is 0. The van der Waals surface area contributed by atoms with Gasteiger partial charge in [-0.25, -0.2) is 0 Å². The zero-order chi connectivity index (χ0) is 20.9. The Morgan fingerprint density at radius 1 is 0.800 bits per heavy atom. The molecule has 0 bridgehead atoms. The number of rotatable bonds is 10. The number of ether oxygens (including phenoxy) is 2. The molecular formula is C23H20CuN2O4. The van der Waals surface area contributed by atoms with Crippen molar-refractivity contribution in [3.8, 4) is 47.7 Å². The number of hydrogen-bond acceptors (Lipinski definition) is 6. The van der Waals surface area contributed by atoms with E-state index in [1.165, 1.54) is 24.6 Å². The molecule has 0 unspecified atom stereocenters. The van der Waals surface area contributed by atoms with Gasteiger partial charge in [-0.05, 0) is 41.8 Å². The maximum atomic E-state index is 11.9. The van der Waals surface area contributed by atoms with Crippen LogP contribution in [0.5, 0.6) is 23.0 Å². The molecule has 7 heteroatoms. The van der Waals surface area contributed by atoms with E-state index in [1.54, 1.807) is 24.3 Å². The van der Waals surface area contributed by atoms with Crippen LogP contribution in [-0.4, -0.2) is 38.7 Å². The standard InChI is InChI=1S/C23H22N2O4.Cu/c1-3-12-28-20-8-6-18(22(26)14-20)16-24-10-5-11-25-17-19-7-9-21(15-23(19)27)29-13-4-2;/h1-2,6-9,14-17,26-27H,5,10-13H2;/q;+2/p-2. The molecule has 157 valence electrons. The van der Waals surface area contributed by atoms with Crippen LogP contribution in [0.2, 0.25) is 0 Å². The first-order chi connectivity index (χ1) is 14.1. The van der Waals surface area contributed by atoms with E-state index in [-0.39, 0.29) is 41.8 Å². The smallest absolute Gasteiger partial charge is 0.872 e. The summed E-state index contributed by atoms with van der Waals surface area (Å²) in [5.41, 5.74) is 0.953. The Bertz CT molecular complexity index is 881. The van der Waals surface area contributed by atoms with Crippen molar-refractivity contribution in [3.63, 3.8) is 0 Å². The number of benzene rings is 2. The third kappa shape index (κ3) is 8.32. The summed E-state index contributed by atoms with van der Waals surface area (Å²) in [5.74, 6) is 5.19. The summed E-state index contributed by atoms with van der Waals surface area (Å²) in [6.07, 6.45) is 14.0. The first-order valence-corrected chi connectivity index (χ1v) is 8.88. The van der Waals surface area contributed by atoms with Gasteiger partial charge in [-0.2, -0.15) is 0 Å². The van der Waals surface area contributed by atoms with E-state index in [4.69, 9.17) is 22.3 Å². The van der Waals surface area contributed by atoms with Gasteiger partial charge in [-0.1, -0.05) is 35.5 Å². The summed E-state index contributed by atoms with van der Waals surface area (Å²) in [6.45, 7) is 1.25. The first kappa shape index (κ1) is 24.7. The van der Waals surface area contributed by atoms with Crippen LogP contribution in [0.3, 0.4) is 0 Å². The molecule has 0 saturated carbocycles. The summed E-state index contributed by atoms with van der Waals surface area (Å²) in [7, 11) is 0. The van der Waals surface area contributed by atoms with E-state index in [0.29, 0.717) is 42.1 Å². The summed E-state index contributed by atoms with van der Waals surface area (Å²) in [6, 6.07) is 9.39. The average molecular weight is 452 g/mol. The molecule has 0 amide bonds. The minimum Gasteiger partial charge on any atom is -0.872 e. The van der Waals surface area contributed by atoms with Crippen LogP contribution in [-0.2, 0) is 17.1 Å². The fraction of sp³-hybridized carbons (Fsp3) is 0.217. The van der Waals surface area contributed by atoms with Crippen LogP contribution in [0.4, 0.5) is 0 Å². The SMILES string of the molecule is C#CCOc1ccc(C=NCCCN=Cc2ccc(OCC#C)cc2[O-])c([O-])c1.[Cu+2]. The van der Waals surface area contributed by atoms with Gasteiger partial charge < -0.3 is 19.7 Å². The normalized spacial score (nSPS) is 10.3. The molecule has 0 aromatic heterocycles. The second-order valence-corrected chi connectivity index (χ2v) is 5.81. The molecular weight excluding hydrogens is 432 g/mol. The molecule has 0 aliphatic carbocycles. The second kappa shape index (κ2) is 13.7. The van der Waals surface area contributed by atoms with Crippen LogP contribution in [0.1, 0.15) is 17.5 Å². The first-order valence-electron chi connectivity index (χ1n) is 8.88. The van der Waals surface area contributed by atoms with Gasteiger partial charge in [0.05, 0.1) is 0 Å². The molecule has 2 rings (SSSR count). The molecule has 0 fully saturated rings. The molecule has 0 N–H and O–H groups in total. The second-order valence-electron chi connectivity index (χ2n) is 5.81. The fourth-order valence-corrected chi connectivity index (χ4v) is 2.25. The largest absolute Gasteiger partial charge is 2.00 e. The summed E-state index contributed by atoms with van der Waals surface area (Å²) in [4.78, 5) is 8.46. The fourth-order valence-electron chi connectivity index (χ4n) is 2.25. The molecule has 0 atom stereocenters. The molecule has 30 heavy (non-hydrogen) atoms. The molecule has 2 aromatic carbocycles. The van der Waals surface area contributed by atoms with Crippen molar-refractivity contribution in [2.75, 3.05) is 26.3 Å². The van der Waals surface area contributed by atoms with Crippen LogP contribution < -0.4 is 19.7 Å². The van der Waals surface area contributed by atoms with Gasteiger partial charge >= 0.3 is 17.1 Å². The van der Waals surface area contributed by atoms with Crippen LogP contribution in [0, 0.1) is 24.7 Å². The van der Waals surface area contributed by atoms with E-state index in [1.807, 2.05) is 0 Å². The zero-order valence-corrected chi connectivity index (χ0v) is 17.1. The Labute approximate surface area is 187 Å². The Morgan fingerprint density at radius 3 is 1.60 bits per heavy atom. The van der Waals surface area contributed by atoms with E-state index < -0.39 is 0 Å². The molecule has 1 radical (unpaired) electrons. The van der Waals surface area contributed by atoms with Crippen LogP contribution in [0.25, 0.3) is 0 Å².